The summed E-state index contributed by atoms with van der Waals surface area (Å²) in [5.74, 6) is 0. The van der Waals surface area contributed by atoms with E-state index in [-0.39, 0.29) is 0 Å². The number of para-hydroxylation sites is 1. The molecule has 4 aromatic rings. The zero-order valence-electron chi connectivity index (χ0n) is 25.1. The van der Waals surface area contributed by atoms with Gasteiger partial charge in [-0.05, 0) is 81.9 Å². The second-order valence-corrected chi connectivity index (χ2v) is 12.5. The van der Waals surface area contributed by atoms with Crippen LogP contribution in [0.15, 0.2) is 54.9 Å². The summed E-state index contributed by atoms with van der Waals surface area (Å²) in [6.07, 6.45) is 12.9. The molecule has 2 fully saturated rings. The number of nitrogens with zero attached hydrogens (tertiary/aromatic N) is 6. The Morgan fingerprint density at radius 1 is 0.786 bits per heavy atom. The van der Waals surface area contributed by atoms with Crippen molar-refractivity contribution in [3.63, 3.8) is 0 Å². The van der Waals surface area contributed by atoms with Crippen LogP contribution in [0.5, 0.6) is 0 Å². The van der Waals surface area contributed by atoms with Crippen molar-refractivity contribution in [3.8, 4) is 0 Å². The lowest BCUT2D eigenvalue weighted by Crippen LogP contribution is -2.38. The van der Waals surface area contributed by atoms with Crippen molar-refractivity contribution in [1.29, 1.82) is 0 Å². The number of fused-ring (bicyclic) bond motifs is 4. The smallest absolute Gasteiger partial charge is 0.0787 e. The third-order valence-corrected chi connectivity index (χ3v) is 9.83. The molecule has 0 N–H and O–H groups in total. The van der Waals surface area contributed by atoms with Crippen molar-refractivity contribution in [3.05, 3.63) is 71.8 Å². The van der Waals surface area contributed by atoms with Crippen LogP contribution in [-0.4, -0.2) is 88.3 Å². The van der Waals surface area contributed by atoms with Crippen LogP contribution in [0.2, 0.25) is 0 Å². The lowest BCUT2D eigenvalue weighted by atomic mass is 9.90. The number of aromatic nitrogens is 3. The standard InChI is InChI=1S/C35H46N6O/c1-4-17-38(18-5-1)19-8-20-40(33-13-6-9-28-10-7-15-37-34(28)33)27-31-35-30(14-16-36-31)29-11-2-3-12-32(29)41(35)22-21-39-23-25-42-26-24-39/h2-3,7,10-12,14-16,33H,1,4-6,8-9,13,17-27H2/t33-/m0/s1. The molecule has 3 aromatic heterocycles. The Hall–Kier alpha value is -2.84. The van der Waals surface area contributed by atoms with Crippen LogP contribution >= 0.6 is 0 Å². The van der Waals surface area contributed by atoms with Crippen molar-refractivity contribution < 1.29 is 4.74 Å². The van der Waals surface area contributed by atoms with Crippen molar-refractivity contribution in [2.45, 2.75) is 64.1 Å². The number of hydrogen-bond acceptors (Lipinski definition) is 6. The molecule has 0 spiro atoms. The van der Waals surface area contributed by atoms with Gasteiger partial charge in [-0.1, -0.05) is 30.7 Å². The number of likely N-dealkylation sites (tertiary alicyclic amines) is 1. The molecule has 0 saturated carbocycles. The van der Waals surface area contributed by atoms with E-state index in [9.17, 15) is 0 Å². The minimum absolute atomic E-state index is 0.347. The third kappa shape index (κ3) is 5.98. The molecule has 222 valence electrons. The van der Waals surface area contributed by atoms with Crippen LogP contribution < -0.4 is 0 Å². The van der Waals surface area contributed by atoms with Gasteiger partial charge in [-0.2, -0.15) is 0 Å². The van der Waals surface area contributed by atoms with Crippen LogP contribution in [-0.2, 0) is 24.2 Å². The van der Waals surface area contributed by atoms with Crippen molar-refractivity contribution in [2.75, 3.05) is 59.0 Å². The fourth-order valence-corrected chi connectivity index (χ4v) is 7.65. The Kier molecular flexibility index (Phi) is 8.79. The van der Waals surface area contributed by atoms with E-state index in [0.29, 0.717) is 6.04 Å². The number of ether oxygens (including phenoxy) is 1. The highest BCUT2D eigenvalue weighted by Gasteiger charge is 2.29. The van der Waals surface area contributed by atoms with E-state index >= 15 is 0 Å². The highest BCUT2D eigenvalue weighted by Crippen LogP contribution is 2.36. The quantitative estimate of drug-likeness (QED) is 0.247. The lowest BCUT2D eigenvalue weighted by Gasteiger charge is -2.36. The SMILES string of the molecule is c1cnc2c(c1)CCC[C@@H]2N(CCCN1CCCCC1)Cc1nccc2c3ccccc3n(CCN3CCOCC3)c12. The molecule has 2 saturated heterocycles. The molecule has 0 unspecified atom stereocenters. The van der Waals surface area contributed by atoms with Gasteiger partial charge in [0.05, 0.1) is 36.2 Å². The first-order valence-electron chi connectivity index (χ1n) is 16.4. The van der Waals surface area contributed by atoms with Gasteiger partial charge in [-0.15, -0.1) is 0 Å². The molecule has 3 aliphatic rings. The Morgan fingerprint density at radius 3 is 2.55 bits per heavy atom. The zero-order chi connectivity index (χ0) is 28.1. The second kappa shape index (κ2) is 13.2. The number of piperidine rings is 1. The number of morpholine rings is 1. The summed E-state index contributed by atoms with van der Waals surface area (Å²) in [6, 6.07) is 15.9. The summed E-state index contributed by atoms with van der Waals surface area (Å²) in [6.45, 7) is 11.3. The minimum atomic E-state index is 0.347. The number of hydrogen-bond donors (Lipinski definition) is 0. The summed E-state index contributed by atoms with van der Waals surface area (Å²) >= 11 is 0. The van der Waals surface area contributed by atoms with Crippen LogP contribution in [0, 0.1) is 0 Å². The van der Waals surface area contributed by atoms with Gasteiger partial charge >= 0.3 is 0 Å². The lowest BCUT2D eigenvalue weighted by molar-refractivity contribution is 0.0366. The number of aryl methyl sites for hydroxylation is 1. The molecule has 42 heavy (non-hydrogen) atoms. The summed E-state index contributed by atoms with van der Waals surface area (Å²) in [7, 11) is 0. The van der Waals surface area contributed by atoms with Gasteiger partial charge in [-0.25, -0.2) is 0 Å². The molecule has 2 aliphatic heterocycles. The fraction of sp³-hybridized carbons (Fsp3) is 0.543. The summed E-state index contributed by atoms with van der Waals surface area (Å²) in [5.41, 5.74) is 6.55. The number of rotatable bonds is 10. The van der Waals surface area contributed by atoms with Crippen LogP contribution in [0.25, 0.3) is 21.8 Å². The molecule has 7 rings (SSSR count). The predicted molar refractivity (Wildman–Crippen MR) is 170 cm³/mol. The molecule has 0 amide bonds. The number of benzene rings is 1. The van der Waals surface area contributed by atoms with Crippen molar-refractivity contribution >= 4 is 21.8 Å². The Labute approximate surface area is 250 Å². The average molecular weight is 567 g/mol. The molecule has 5 heterocycles. The van der Waals surface area contributed by atoms with Crippen LogP contribution in [0.3, 0.4) is 0 Å². The van der Waals surface area contributed by atoms with Gasteiger partial charge in [0.1, 0.15) is 0 Å². The highest BCUT2D eigenvalue weighted by molar-refractivity contribution is 6.08. The molecule has 1 aromatic carbocycles. The van der Waals surface area contributed by atoms with Crippen LogP contribution in [0.4, 0.5) is 0 Å². The number of pyridine rings is 2. The van der Waals surface area contributed by atoms with E-state index in [1.807, 2.05) is 12.4 Å². The van der Waals surface area contributed by atoms with Crippen LogP contribution in [0.1, 0.15) is 61.5 Å². The van der Waals surface area contributed by atoms with Crippen molar-refractivity contribution in [2.24, 2.45) is 0 Å². The largest absolute Gasteiger partial charge is 0.379 e. The second-order valence-electron chi connectivity index (χ2n) is 12.5. The summed E-state index contributed by atoms with van der Waals surface area (Å²) in [4.78, 5) is 18.0. The van der Waals surface area contributed by atoms with E-state index in [1.165, 1.54) is 96.9 Å². The molecule has 7 nitrogen and oxygen atoms in total. The van der Waals surface area contributed by atoms with Gasteiger partial charge in [0.2, 0.25) is 0 Å². The average Bonchev–Trinajstić information content (AvgIpc) is 3.38. The van der Waals surface area contributed by atoms with E-state index in [1.54, 1.807) is 0 Å². The topological polar surface area (TPSA) is 49.7 Å². The Morgan fingerprint density at radius 2 is 1.64 bits per heavy atom. The minimum Gasteiger partial charge on any atom is -0.379 e. The van der Waals surface area contributed by atoms with E-state index in [2.05, 4.69) is 61.7 Å². The van der Waals surface area contributed by atoms with E-state index in [4.69, 9.17) is 14.7 Å². The summed E-state index contributed by atoms with van der Waals surface area (Å²) in [5, 5.41) is 2.66. The molecular formula is C35H46N6O. The Balaban J connectivity index is 1.22. The van der Waals surface area contributed by atoms with Crippen molar-refractivity contribution in [1.82, 2.24) is 29.2 Å². The maximum Gasteiger partial charge on any atom is 0.0787 e. The summed E-state index contributed by atoms with van der Waals surface area (Å²) < 4.78 is 8.18. The first kappa shape index (κ1) is 28.0. The van der Waals surface area contributed by atoms with Gasteiger partial charge in [0.15, 0.2) is 0 Å². The van der Waals surface area contributed by atoms with E-state index < -0.39 is 0 Å². The molecule has 7 heteroatoms. The zero-order valence-corrected chi connectivity index (χ0v) is 25.1. The fourth-order valence-electron chi connectivity index (χ4n) is 7.65. The first-order chi connectivity index (χ1) is 20.8. The monoisotopic (exact) mass is 566 g/mol. The van der Waals surface area contributed by atoms with Gasteiger partial charge in [0.25, 0.3) is 0 Å². The molecule has 1 atom stereocenters. The normalized spacial score (nSPS) is 20.5. The van der Waals surface area contributed by atoms with E-state index in [0.717, 1.165) is 58.9 Å². The van der Waals surface area contributed by atoms with Gasteiger partial charge < -0.3 is 14.2 Å². The third-order valence-electron chi connectivity index (χ3n) is 9.83. The first-order valence-corrected chi connectivity index (χ1v) is 16.4. The highest BCUT2D eigenvalue weighted by atomic mass is 16.5. The maximum absolute atomic E-state index is 5.62. The maximum atomic E-state index is 5.62. The Bertz CT molecular complexity index is 1470. The van der Waals surface area contributed by atoms with Gasteiger partial charge in [0, 0.05) is 68.0 Å². The van der Waals surface area contributed by atoms with Gasteiger partial charge in [-0.3, -0.25) is 19.8 Å². The predicted octanol–water partition coefficient (Wildman–Crippen LogP) is 5.67. The molecule has 1 aliphatic carbocycles. The molecular weight excluding hydrogens is 520 g/mol. The molecule has 0 radical (unpaired) electrons. The molecule has 0 bridgehead atoms.